The molecule has 0 spiro atoms. The van der Waals surface area contributed by atoms with Crippen LogP contribution in [0.2, 0.25) is 0 Å². The fourth-order valence-electron chi connectivity index (χ4n) is 2.48. The maximum Gasteiger partial charge on any atom is 0.122 e. The number of ether oxygens (including phenoxy) is 1. The molecule has 0 aliphatic rings. The number of aryl methyl sites for hydroxylation is 2. The molecule has 108 valence electrons. The number of hydrogen-bond acceptors (Lipinski definition) is 3. The van der Waals surface area contributed by atoms with Crippen LogP contribution in [-0.4, -0.2) is 36.8 Å². The molecule has 0 aliphatic heterocycles. The van der Waals surface area contributed by atoms with Gasteiger partial charge in [0.15, 0.2) is 0 Å². The lowest BCUT2D eigenvalue weighted by Crippen LogP contribution is -2.38. The van der Waals surface area contributed by atoms with Crippen molar-refractivity contribution in [2.75, 3.05) is 20.8 Å². The van der Waals surface area contributed by atoms with E-state index in [0.29, 0.717) is 5.92 Å². The molecule has 0 radical (unpaired) electrons. The second-order valence-electron chi connectivity index (χ2n) is 5.66. The molecule has 0 heterocycles. The number of rotatable bonds is 6. The molecule has 1 aromatic carbocycles. The van der Waals surface area contributed by atoms with Gasteiger partial charge in [0, 0.05) is 12.6 Å². The van der Waals surface area contributed by atoms with E-state index in [1.165, 1.54) is 11.1 Å². The number of benzene rings is 1. The van der Waals surface area contributed by atoms with E-state index in [-0.39, 0.29) is 12.6 Å². The van der Waals surface area contributed by atoms with Crippen LogP contribution in [0.3, 0.4) is 0 Å². The van der Waals surface area contributed by atoms with Crippen molar-refractivity contribution >= 4 is 0 Å². The van der Waals surface area contributed by atoms with Gasteiger partial charge < -0.3 is 9.84 Å². The normalized spacial score (nSPS) is 13.1. The lowest BCUT2D eigenvalue weighted by molar-refractivity contribution is 0.107. The molecule has 0 saturated heterocycles. The Hall–Kier alpha value is -1.06. The van der Waals surface area contributed by atoms with Crippen LogP contribution in [0.5, 0.6) is 5.75 Å². The first kappa shape index (κ1) is 16.0. The Morgan fingerprint density at radius 1 is 1.21 bits per heavy atom. The lowest BCUT2D eigenvalue weighted by atomic mass is 10.0. The smallest absolute Gasteiger partial charge is 0.122 e. The standard InChI is InChI=1S/C16H27NO2/c1-11(2)15(10-18)17(5)9-14-7-13(4)16(19-6)8-12(14)3/h7-8,11,15,18H,9-10H2,1-6H3. The van der Waals surface area contributed by atoms with Crippen molar-refractivity contribution in [3.63, 3.8) is 0 Å². The second-order valence-corrected chi connectivity index (χ2v) is 5.66. The van der Waals surface area contributed by atoms with E-state index in [9.17, 15) is 5.11 Å². The Morgan fingerprint density at radius 2 is 1.84 bits per heavy atom. The number of hydrogen-bond donors (Lipinski definition) is 1. The average Bonchev–Trinajstić information content (AvgIpc) is 2.33. The maximum atomic E-state index is 9.49. The second kappa shape index (κ2) is 6.92. The fourth-order valence-corrected chi connectivity index (χ4v) is 2.48. The van der Waals surface area contributed by atoms with Crippen molar-refractivity contribution in [2.24, 2.45) is 5.92 Å². The first-order chi connectivity index (χ1) is 8.90. The highest BCUT2D eigenvalue weighted by atomic mass is 16.5. The van der Waals surface area contributed by atoms with Crippen molar-refractivity contribution in [2.45, 2.75) is 40.3 Å². The van der Waals surface area contributed by atoms with Crippen molar-refractivity contribution in [1.29, 1.82) is 0 Å². The highest BCUT2D eigenvalue weighted by molar-refractivity contribution is 5.41. The molecule has 0 aliphatic carbocycles. The van der Waals surface area contributed by atoms with Crippen molar-refractivity contribution in [3.8, 4) is 5.75 Å². The van der Waals surface area contributed by atoms with Gasteiger partial charge in [-0.3, -0.25) is 4.90 Å². The first-order valence-corrected chi connectivity index (χ1v) is 6.85. The maximum absolute atomic E-state index is 9.49. The number of aliphatic hydroxyl groups excluding tert-OH is 1. The van der Waals surface area contributed by atoms with E-state index < -0.39 is 0 Å². The van der Waals surface area contributed by atoms with Crippen molar-refractivity contribution in [1.82, 2.24) is 4.90 Å². The molecule has 1 N–H and O–H groups in total. The molecule has 0 saturated carbocycles. The molecule has 3 nitrogen and oxygen atoms in total. The monoisotopic (exact) mass is 265 g/mol. The van der Waals surface area contributed by atoms with Gasteiger partial charge in [0.1, 0.15) is 5.75 Å². The minimum Gasteiger partial charge on any atom is -0.496 e. The largest absolute Gasteiger partial charge is 0.496 e. The molecule has 1 atom stereocenters. The van der Waals surface area contributed by atoms with E-state index in [0.717, 1.165) is 17.9 Å². The Kier molecular flexibility index (Phi) is 5.83. The minimum absolute atomic E-state index is 0.196. The summed E-state index contributed by atoms with van der Waals surface area (Å²) in [7, 11) is 3.77. The topological polar surface area (TPSA) is 32.7 Å². The first-order valence-electron chi connectivity index (χ1n) is 6.85. The molecule has 0 aromatic heterocycles. The van der Waals surface area contributed by atoms with Gasteiger partial charge in [-0.1, -0.05) is 19.9 Å². The van der Waals surface area contributed by atoms with Crippen LogP contribution >= 0.6 is 0 Å². The SMILES string of the molecule is COc1cc(C)c(CN(C)C(CO)C(C)C)cc1C. The third kappa shape index (κ3) is 3.95. The van der Waals surface area contributed by atoms with Crippen LogP contribution in [-0.2, 0) is 6.54 Å². The summed E-state index contributed by atoms with van der Waals surface area (Å²) in [5, 5.41) is 9.49. The molecular weight excluding hydrogens is 238 g/mol. The Bertz CT molecular complexity index is 415. The minimum atomic E-state index is 0.196. The Labute approximate surface area is 117 Å². The van der Waals surface area contributed by atoms with Gasteiger partial charge in [0.05, 0.1) is 13.7 Å². The number of aliphatic hydroxyl groups is 1. The van der Waals surface area contributed by atoms with E-state index in [1.807, 2.05) is 0 Å². The van der Waals surface area contributed by atoms with E-state index in [1.54, 1.807) is 7.11 Å². The zero-order valence-electron chi connectivity index (χ0n) is 13.0. The van der Waals surface area contributed by atoms with Gasteiger partial charge in [-0.15, -0.1) is 0 Å². The predicted octanol–water partition coefficient (Wildman–Crippen LogP) is 2.76. The van der Waals surface area contributed by atoms with E-state index >= 15 is 0 Å². The van der Waals surface area contributed by atoms with E-state index in [4.69, 9.17) is 4.74 Å². The molecule has 19 heavy (non-hydrogen) atoms. The van der Waals surface area contributed by atoms with Crippen molar-refractivity contribution in [3.05, 3.63) is 28.8 Å². The Morgan fingerprint density at radius 3 is 2.32 bits per heavy atom. The van der Waals surface area contributed by atoms with Crippen LogP contribution < -0.4 is 4.74 Å². The zero-order chi connectivity index (χ0) is 14.6. The third-order valence-corrected chi connectivity index (χ3v) is 3.80. The third-order valence-electron chi connectivity index (χ3n) is 3.80. The fraction of sp³-hybridized carbons (Fsp3) is 0.625. The molecule has 0 bridgehead atoms. The summed E-state index contributed by atoms with van der Waals surface area (Å²) < 4.78 is 5.34. The summed E-state index contributed by atoms with van der Waals surface area (Å²) in [5.41, 5.74) is 3.68. The van der Waals surface area contributed by atoms with Crippen LogP contribution in [0.1, 0.15) is 30.5 Å². The average molecular weight is 265 g/mol. The molecule has 1 aromatic rings. The predicted molar refractivity (Wildman–Crippen MR) is 79.6 cm³/mol. The molecule has 0 fully saturated rings. The summed E-state index contributed by atoms with van der Waals surface area (Å²) in [6, 6.07) is 4.46. The molecule has 0 amide bonds. The van der Waals surface area contributed by atoms with Gasteiger partial charge >= 0.3 is 0 Å². The van der Waals surface area contributed by atoms with E-state index in [2.05, 4.69) is 51.8 Å². The summed E-state index contributed by atoms with van der Waals surface area (Å²) >= 11 is 0. The summed E-state index contributed by atoms with van der Waals surface area (Å²) in [5.74, 6) is 1.38. The number of methoxy groups -OCH3 is 1. The summed E-state index contributed by atoms with van der Waals surface area (Å²) in [6.07, 6.45) is 0. The van der Waals surface area contributed by atoms with Gasteiger partial charge in [-0.2, -0.15) is 0 Å². The number of likely N-dealkylation sites (N-methyl/N-ethyl adjacent to an activating group) is 1. The molecule has 3 heteroatoms. The van der Waals surface area contributed by atoms with Gasteiger partial charge in [-0.25, -0.2) is 0 Å². The van der Waals surface area contributed by atoms with Gasteiger partial charge in [-0.05, 0) is 49.6 Å². The van der Waals surface area contributed by atoms with Gasteiger partial charge in [0.25, 0.3) is 0 Å². The van der Waals surface area contributed by atoms with Crippen LogP contribution in [0, 0.1) is 19.8 Å². The van der Waals surface area contributed by atoms with Crippen LogP contribution in [0.4, 0.5) is 0 Å². The van der Waals surface area contributed by atoms with Crippen LogP contribution in [0.25, 0.3) is 0 Å². The number of nitrogens with zero attached hydrogens (tertiary/aromatic N) is 1. The molecular formula is C16H27NO2. The highest BCUT2D eigenvalue weighted by Gasteiger charge is 2.18. The summed E-state index contributed by atoms with van der Waals surface area (Å²) in [4.78, 5) is 2.22. The molecule has 1 unspecified atom stereocenters. The molecule has 1 rings (SSSR count). The highest BCUT2D eigenvalue weighted by Crippen LogP contribution is 2.24. The van der Waals surface area contributed by atoms with Crippen molar-refractivity contribution < 1.29 is 9.84 Å². The van der Waals surface area contributed by atoms with Gasteiger partial charge in [0.2, 0.25) is 0 Å². The lowest BCUT2D eigenvalue weighted by Gasteiger charge is -2.30. The summed E-state index contributed by atoms with van der Waals surface area (Å²) in [6.45, 7) is 9.50. The Balaban J connectivity index is 2.90. The quantitative estimate of drug-likeness (QED) is 0.858. The zero-order valence-corrected chi connectivity index (χ0v) is 13.0. The van der Waals surface area contributed by atoms with Crippen LogP contribution in [0.15, 0.2) is 12.1 Å².